The summed E-state index contributed by atoms with van der Waals surface area (Å²) in [6, 6.07) is 67.0. The van der Waals surface area contributed by atoms with E-state index in [4.69, 9.17) is 29.3 Å². The zero-order valence-corrected chi connectivity index (χ0v) is 34.3. The summed E-state index contributed by atoms with van der Waals surface area (Å²) in [5, 5.41) is 5.53. The maximum Gasteiger partial charge on any atom is 0.238 e. The zero-order chi connectivity index (χ0) is 41.4. The molecule has 294 valence electrons. The number of hydrogen-bond acceptors (Lipinski definition) is 7. The van der Waals surface area contributed by atoms with Crippen molar-refractivity contribution < 1.29 is 4.42 Å². The fourth-order valence-electron chi connectivity index (χ4n) is 8.88. The first kappa shape index (κ1) is 35.4. The number of hydrogen-bond donors (Lipinski definition) is 0. The van der Waals surface area contributed by atoms with E-state index in [0.29, 0.717) is 29.0 Å². The predicted octanol–water partition coefficient (Wildman–Crippen LogP) is 14.4. The van der Waals surface area contributed by atoms with Crippen molar-refractivity contribution in [3.05, 3.63) is 194 Å². The van der Waals surface area contributed by atoms with Crippen molar-refractivity contribution in [2.45, 2.75) is 0 Å². The van der Waals surface area contributed by atoms with Gasteiger partial charge in [-0.25, -0.2) is 15.0 Å². The third-order valence-corrected chi connectivity index (χ3v) is 13.0. The third kappa shape index (κ3) is 5.84. The maximum atomic E-state index is 6.37. The van der Waals surface area contributed by atoms with Gasteiger partial charge in [0.05, 0.1) is 11.0 Å². The van der Waals surface area contributed by atoms with E-state index in [1.807, 2.05) is 72.8 Å². The van der Waals surface area contributed by atoms with E-state index < -0.39 is 0 Å². The summed E-state index contributed by atoms with van der Waals surface area (Å²) in [4.78, 5) is 25.9. The molecule has 13 aromatic rings. The van der Waals surface area contributed by atoms with E-state index in [2.05, 4.69) is 126 Å². The highest BCUT2D eigenvalue weighted by atomic mass is 32.1. The molecule has 8 heteroatoms. The molecule has 0 saturated heterocycles. The second kappa shape index (κ2) is 14.1. The molecule has 0 atom stereocenters. The van der Waals surface area contributed by atoms with E-state index in [1.54, 1.807) is 11.3 Å². The van der Waals surface area contributed by atoms with E-state index in [1.165, 1.54) is 10.3 Å². The number of nitrogens with zero attached hydrogens (tertiary/aromatic N) is 6. The van der Waals surface area contributed by atoms with Crippen molar-refractivity contribution in [2.24, 2.45) is 0 Å². The number of aromatic nitrogens is 6. The first-order chi connectivity index (χ1) is 31.2. The lowest BCUT2D eigenvalue weighted by atomic mass is 10.0. The normalized spacial score (nSPS) is 11.8. The van der Waals surface area contributed by atoms with E-state index in [9.17, 15) is 0 Å². The fraction of sp³-hybridized carbons (Fsp3) is 0. The quantitative estimate of drug-likeness (QED) is 0.166. The third-order valence-electron chi connectivity index (χ3n) is 11.9. The van der Waals surface area contributed by atoms with Crippen LogP contribution in [0.1, 0.15) is 0 Å². The Labute approximate surface area is 364 Å². The maximum absolute atomic E-state index is 6.37. The highest BCUT2D eigenvalue weighted by Crippen LogP contribution is 2.41. The number of furan rings is 1. The monoisotopic (exact) mass is 824 g/mol. The topological polar surface area (TPSA) is 82.5 Å². The van der Waals surface area contributed by atoms with Crippen LogP contribution in [0, 0.1) is 0 Å². The van der Waals surface area contributed by atoms with Crippen LogP contribution >= 0.6 is 11.3 Å². The summed E-state index contributed by atoms with van der Waals surface area (Å²) in [6.07, 6.45) is 0. The first-order valence-corrected chi connectivity index (χ1v) is 21.6. The van der Waals surface area contributed by atoms with Gasteiger partial charge in [-0.15, -0.1) is 11.3 Å². The lowest BCUT2D eigenvalue weighted by molar-refractivity contribution is 0.667. The number of para-hydroxylation sites is 2. The Balaban J connectivity index is 0.958. The van der Waals surface area contributed by atoms with Crippen LogP contribution in [-0.4, -0.2) is 29.5 Å². The summed E-state index contributed by atoms with van der Waals surface area (Å²) >= 11 is 1.75. The van der Waals surface area contributed by atoms with Gasteiger partial charge in [-0.05, 0) is 65.7 Å². The average Bonchev–Trinajstić information content (AvgIpc) is 4.03. The van der Waals surface area contributed by atoms with E-state index >= 15 is 0 Å². The van der Waals surface area contributed by atoms with Gasteiger partial charge in [-0.3, -0.25) is 4.57 Å². The predicted molar refractivity (Wildman–Crippen MR) is 257 cm³/mol. The van der Waals surface area contributed by atoms with Crippen molar-refractivity contribution in [2.75, 3.05) is 0 Å². The molecule has 0 spiro atoms. The van der Waals surface area contributed by atoms with Crippen LogP contribution in [0.4, 0.5) is 0 Å². The minimum Gasteiger partial charge on any atom is -0.452 e. The molecule has 0 radical (unpaired) electrons. The average molecular weight is 825 g/mol. The number of fused-ring (bicyclic) bond motifs is 9. The van der Waals surface area contributed by atoms with Crippen LogP contribution in [0.15, 0.2) is 199 Å². The Morgan fingerprint density at radius 1 is 0.365 bits per heavy atom. The van der Waals surface area contributed by atoms with E-state index in [-0.39, 0.29) is 0 Å². The second-order valence-corrected chi connectivity index (χ2v) is 16.7. The van der Waals surface area contributed by atoms with Gasteiger partial charge < -0.3 is 4.42 Å². The Kier molecular flexibility index (Phi) is 7.94. The van der Waals surface area contributed by atoms with Crippen molar-refractivity contribution in [3.63, 3.8) is 0 Å². The molecule has 0 aliphatic rings. The van der Waals surface area contributed by atoms with E-state index in [0.717, 1.165) is 87.3 Å². The first-order valence-electron chi connectivity index (χ1n) is 20.8. The highest BCUT2D eigenvalue weighted by molar-refractivity contribution is 7.25. The van der Waals surface area contributed by atoms with Gasteiger partial charge in [0.25, 0.3) is 0 Å². The lowest BCUT2D eigenvalue weighted by Gasteiger charge is -2.11. The minimum atomic E-state index is 0.565. The molecule has 0 saturated carbocycles. The van der Waals surface area contributed by atoms with Gasteiger partial charge in [-0.2, -0.15) is 9.97 Å². The molecular formula is C55H32N6OS. The van der Waals surface area contributed by atoms with Crippen molar-refractivity contribution in [3.8, 4) is 62.5 Å². The molecule has 0 amide bonds. The Bertz CT molecular complexity index is 3910. The summed E-state index contributed by atoms with van der Waals surface area (Å²) < 4.78 is 10.8. The fourth-order valence-corrected chi connectivity index (χ4v) is 10.0. The summed E-state index contributed by atoms with van der Waals surface area (Å²) in [5.41, 5.74) is 11.2. The standard InChI is InChI=1S/C55H32N6OS/c1-4-14-33(15-5-1)36-25-28-45-42(30-36)39-20-10-12-22-44(39)61(45)55-59-52(35-18-8-3-9-19-35)58-54(60-55)37-26-29-47-43(31-37)40-27-24-38(32-48(40)63-47)53-56-49(34-16-6-2-7-17-34)51-50(57-53)41-21-11-13-23-46(41)62-51/h1-32H. The smallest absolute Gasteiger partial charge is 0.238 e. The Morgan fingerprint density at radius 3 is 1.78 bits per heavy atom. The van der Waals surface area contributed by atoms with Gasteiger partial charge >= 0.3 is 0 Å². The molecule has 5 aromatic heterocycles. The van der Waals surface area contributed by atoms with Crippen LogP contribution in [-0.2, 0) is 0 Å². The number of benzene rings is 8. The molecule has 5 heterocycles. The zero-order valence-electron chi connectivity index (χ0n) is 33.5. The summed E-state index contributed by atoms with van der Waals surface area (Å²) in [5.74, 6) is 2.43. The molecule has 13 rings (SSSR count). The van der Waals surface area contributed by atoms with Crippen LogP contribution in [0.2, 0.25) is 0 Å². The van der Waals surface area contributed by atoms with Crippen LogP contribution in [0.25, 0.3) is 127 Å². The molecule has 0 aliphatic heterocycles. The van der Waals surface area contributed by atoms with Crippen LogP contribution in [0.3, 0.4) is 0 Å². The number of thiophene rings is 1. The van der Waals surface area contributed by atoms with Gasteiger partial charge in [0, 0.05) is 58.6 Å². The van der Waals surface area contributed by atoms with Crippen molar-refractivity contribution >= 4 is 75.4 Å². The summed E-state index contributed by atoms with van der Waals surface area (Å²) in [7, 11) is 0. The van der Waals surface area contributed by atoms with Crippen LogP contribution < -0.4 is 0 Å². The van der Waals surface area contributed by atoms with Gasteiger partial charge in [0.2, 0.25) is 5.95 Å². The molecule has 8 aromatic carbocycles. The molecule has 0 N–H and O–H groups in total. The SMILES string of the molecule is c1ccc(-c2ccc3c(c2)c2ccccc2n3-c2nc(-c3ccccc3)nc(-c3ccc4sc5cc(-c6nc(-c7ccccc7)c7oc8ccccc8c7n6)ccc5c4c3)n2)cc1. The molecule has 63 heavy (non-hydrogen) atoms. The molecule has 0 unspecified atom stereocenters. The second-order valence-electron chi connectivity index (χ2n) is 15.7. The van der Waals surface area contributed by atoms with Gasteiger partial charge in [-0.1, -0.05) is 140 Å². The largest absolute Gasteiger partial charge is 0.452 e. The molecule has 0 fully saturated rings. The lowest BCUT2D eigenvalue weighted by Crippen LogP contribution is -2.06. The molecule has 0 aliphatic carbocycles. The van der Waals surface area contributed by atoms with Crippen molar-refractivity contribution in [1.82, 2.24) is 29.5 Å². The Morgan fingerprint density at radius 2 is 0.968 bits per heavy atom. The minimum absolute atomic E-state index is 0.565. The summed E-state index contributed by atoms with van der Waals surface area (Å²) in [6.45, 7) is 0. The molecule has 0 bridgehead atoms. The molecular weight excluding hydrogens is 793 g/mol. The van der Waals surface area contributed by atoms with Gasteiger partial charge in [0.15, 0.2) is 23.1 Å². The van der Waals surface area contributed by atoms with Crippen LogP contribution in [0.5, 0.6) is 0 Å². The Hall–Kier alpha value is -8.33. The van der Waals surface area contributed by atoms with Crippen molar-refractivity contribution in [1.29, 1.82) is 0 Å². The highest BCUT2D eigenvalue weighted by Gasteiger charge is 2.21. The number of rotatable bonds is 6. The van der Waals surface area contributed by atoms with Gasteiger partial charge in [0.1, 0.15) is 16.8 Å². The molecule has 7 nitrogen and oxygen atoms in total.